The maximum absolute atomic E-state index is 14.4. The predicted octanol–water partition coefficient (Wildman–Crippen LogP) is 3.43. The topological polar surface area (TPSA) is 211 Å². The van der Waals surface area contributed by atoms with Crippen LogP contribution < -0.4 is 0 Å². The number of cyclic esters (lactones) is 1. The molecule has 0 aliphatic carbocycles. The second kappa shape index (κ2) is 22.5. The van der Waals surface area contributed by atoms with Gasteiger partial charge in [0.25, 0.3) is 0 Å². The summed E-state index contributed by atoms with van der Waals surface area (Å²) in [5.74, 6) is -4.23. The van der Waals surface area contributed by atoms with Gasteiger partial charge in [0.05, 0.1) is 53.8 Å². The molecule has 67 heavy (non-hydrogen) atoms. The fourth-order valence-corrected chi connectivity index (χ4v) is 10.5. The third-order valence-corrected chi connectivity index (χ3v) is 14.8. The van der Waals surface area contributed by atoms with Gasteiger partial charge in [-0.3, -0.25) is 4.79 Å². The number of esters is 1. The van der Waals surface area contributed by atoms with E-state index in [1.54, 1.807) is 54.7 Å². The van der Waals surface area contributed by atoms with Crippen LogP contribution in [0.5, 0.6) is 0 Å². The molecule has 19 heteroatoms. The molecule has 382 valence electrons. The number of ether oxygens (including phenoxy) is 6. The molecule has 3 aliphatic rings. The summed E-state index contributed by atoms with van der Waals surface area (Å²) in [7, 11) is 5.16. The second-order valence-electron chi connectivity index (χ2n) is 20.5. The SMILES string of the molecule is CC[C@H]1OC(=O)[C@H](C)[C@@H](O[C@H]2C[C@@](C)(OC)[C@@H](O)[C@H](C)O2)[C@H](C)[C@@H](O[C@@H]2O[C@H](C)C[C@H](N(C)CCc3cn(Cc4c(F)cccc4F)nn3)[C@H]2O)[C@](C)(O)C[C@@H](C)CN(C)[C@H](C)[C@@H](O)[C@]1(C)O. The van der Waals surface area contributed by atoms with Crippen LogP contribution in [-0.2, 0) is 46.2 Å². The van der Waals surface area contributed by atoms with Gasteiger partial charge in [0.15, 0.2) is 12.6 Å². The highest BCUT2D eigenvalue weighted by atomic mass is 19.1. The number of hydrogen-bond acceptors (Lipinski definition) is 16. The van der Waals surface area contributed by atoms with Gasteiger partial charge in [0.2, 0.25) is 0 Å². The molecule has 3 saturated heterocycles. The van der Waals surface area contributed by atoms with Gasteiger partial charge in [-0.1, -0.05) is 32.1 Å². The number of aromatic nitrogens is 3. The number of aliphatic hydroxyl groups is 5. The van der Waals surface area contributed by atoms with Crippen LogP contribution >= 0.6 is 0 Å². The number of likely N-dealkylation sites (N-methyl/N-ethyl adjacent to an activating group) is 2. The average molecular weight is 956 g/mol. The van der Waals surface area contributed by atoms with Crippen LogP contribution in [0, 0.1) is 29.4 Å². The zero-order chi connectivity index (χ0) is 49.9. The lowest BCUT2D eigenvalue weighted by Gasteiger charge is -2.49. The quantitative estimate of drug-likeness (QED) is 0.193. The van der Waals surface area contributed by atoms with E-state index in [1.165, 1.54) is 36.9 Å². The Morgan fingerprint density at radius 1 is 0.970 bits per heavy atom. The number of carbonyl (C=O) groups is 1. The van der Waals surface area contributed by atoms with Crippen LogP contribution in [0.25, 0.3) is 0 Å². The number of benzene rings is 1. The maximum atomic E-state index is 14.4. The number of halogens is 2. The summed E-state index contributed by atoms with van der Waals surface area (Å²) in [6.07, 6.45) is -7.45. The molecule has 3 aliphatic heterocycles. The lowest BCUT2D eigenvalue weighted by molar-refractivity contribution is -0.318. The first kappa shape index (κ1) is 55.1. The van der Waals surface area contributed by atoms with E-state index in [-0.39, 0.29) is 37.3 Å². The molecular weight excluding hydrogens is 877 g/mol. The Morgan fingerprint density at radius 3 is 2.25 bits per heavy atom. The van der Waals surface area contributed by atoms with Gasteiger partial charge in [-0.05, 0) is 99.9 Å². The Balaban J connectivity index is 1.46. The van der Waals surface area contributed by atoms with Crippen molar-refractivity contribution in [2.24, 2.45) is 17.8 Å². The zero-order valence-corrected chi connectivity index (χ0v) is 41.7. The Bertz CT molecular complexity index is 1890. The van der Waals surface area contributed by atoms with Crippen molar-refractivity contribution in [1.29, 1.82) is 0 Å². The summed E-state index contributed by atoms with van der Waals surface area (Å²) in [4.78, 5) is 18.3. The van der Waals surface area contributed by atoms with Gasteiger partial charge in [-0.15, -0.1) is 5.10 Å². The predicted molar refractivity (Wildman–Crippen MR) is 242 cm³/mol. The van der Waals surface area contributed by atoms with Crippen LogP contribution in [0.1, 0.15) is 106 Å². The Labute approximate surface area is 395 Å². The normalized spacial score (nSPS) is 41.1. The summed E-state index contributed by atoms with van der Waals surface area (Å²) in [5.41, 5.74) is -4.13. The lowest BCUT2D eigenvalue weighted by atomic mass is 9.77. The lowest BCUT2D eigenvalue weighted by Crippen LogP contribution is -2.61. The molecule has 0 unspecified atom stereocenters. The highest BCUT2D eigenvalue weighted by molar-refractivity contribution is 5.73. The first-order valence-electron chi connectivity index (χ1n) is 23.8. The van der Waals surface area contributed by atoms with Crippen LogP contribution in [0.2, 0.25) is 0 Å². The van der Waals surface area contributed by atoms with Gasteiger partial charge in [0, 0.05) is 62.8 Å². The van der Waals surface area contributed by atoms with Crippen molar-refractivity contribution in [3.05, 3.63) is 47.3 Å². The zero-order valence-electron chi connectivity index (χ0n) is 41.7. The van der Waals surface area contributed by atoms with Crippen LogP contribution in [-0.4, -0.2) is 181 Å². The fourth-order valence-electron chi connectivity index (χ4n) is 10.5. The molecule has 0 bridgehead atoms. The molecule has 0 spiro atoms. The number of rotatable bonds is 12. The minimum atomic E-state index is -1.85. The van der Waals surface area contributed by atoms with E-state index in [9.17, 15) is 39.1 Å². The van der Waals surface area contributed by atoms with E-state index in [4.69, 9.17) is 28.4 Å². The van der Waals surface area contributed by atoms with Crippen molar-refractivity contribution >= 4 is 5.97 Å². The van der Waals surface area contributed by atoms with Gasteiger partial charge < -0.3 is 63.8 Å². The summed E-state index contributed by atoms with van der Waals surface area (Å²) in [6.45, 7) is 18.0. The Hall–Kier alpha value is -2.79. The average Bonchev–Trinajstić information content (AvgIpc) is 3.72. The molecule has 4 heterocycles. The largest absolute Gasteiger partial charge is 0.459 e. The molecule has 1 aromatic carbocycles. The van der Waals surface area contributed by atoms with E-state index in [1.807, 2.05) is 37.7 Å². The minimum absolute atomic E-state index is 0.0814. The van der Waals surface area contributed by atoms with Gasteiger partial charge >= 0.3 is 5.97 Å². The van der Waals surface area contributed by atoms with E-state index < -0.39 is 120 Å². The van der Waals surface area contributed by atoms with Crippen molar-refractivity contribution in [2.75, 3.05) is 34.3 Å². The standard InChI is InChI=1S/C48H79F2N5O12/c1-14-37-48(10,61)41(57)30(6)54(12)23-26(2)21-46(8,60)43(28(4)40(29(5)44(59)65-37)66-38-22-47(9,62-13)42(58)31(7)64-38)67-45-39(56)36(20-27(3)63-45)53(11)19-18-32-24-55(52-51-32)25-33-34(49)16-15-17-35(33)50/h15-17,24,26-31,36-43,45,56-58,60-61H,14,18-23,25H2,1-13H3/t26-,27-,28+,29-,30-,31+,36+,37-,38+,39-,40+,41-,42+,43-,45+,46-,47-,48-/m1/s1. The Morgan fingerprint density at radius 2 is 1.63 bits per heavy atom. The van der Waals surface area contributed by atoms with E-state index >= 15 is 0 Å². The van der Waals surface area contributed by atoms with Gasteiger partial charge in [-0.2, -0.15) is 0 Å². The van der Waals surface area contributed by atoms with Crippen molar-refractivity contribution in [3.63, 3.8) is 0 Å². The van der Waals surface area contributed by atoms with Crippen molar-refractivity contribution in [1.82, 2.24) is 24.8 Å². The van der Waals surface area contributed by atoms with E-state index in [0.717, 1.165) is 0 Å². The van der Waals surface area contributed by atoms with Gasteiger partial charge in [0.1, 0.15) is 41.7 Å². The summed E-state index contributed by atoms with van der Waals surface area (Å²) >= 11 is 0. The number of carbonyl (C=O) groups excluding carboxylic acids is 1. The number of aliphatic hydroxyl groups excluding tert-OH is 3. The molecule has 0 radical (unpaired) electrons. The summed E-state index contributed by atoms with van der Waals surface area (Å²) in [5, 5.41) is 67.7. The van der Waals surface area contributed by atoms with E-state index in [2.05, 4.69) is 10.3 Å². The first-order chi connectivity index (χ1) is 31.2. The summed E-state index contributed by atoms with van der Waals surface area (Å²) in [6, 6.07) is 2.60. The molecule has 0 amide bonds. The second-order valence-corrected chi connectivity index (χ2v) is 20.5. The molecule has 2 aromatic rings. The smallest absolute Gasteiger partial charge is 0.311 e. The molecular formula is C48H79F2N5O12. The minimum Gasteiger partial charge on any atom is -0.459 e. The highest BCUT2D eigenvalue weighted by Gasteiger charge is 2.53. The number of methoxy groups -OCH3 is 1. The maximum Gasteiger partial charge on any atom is 0.311 e. The fraction of sp³-hybridized carbons (Fsp3) is 0.812. The molecule has 17 nitrogen and oxygen atoms in total. The monoisotopic (exact) mass is 956 g/mol. The number of nitrogens with zero attached hydrogens (tertiary/aromatic N) is 5. The summed E-state index contributed by atoms with van der Waals surface area (Å²) < 4.78 is 68.1. The third-order valence-electron chi connectivity index (χ3n) is 14.8. The van der Waals surface area contributed by atoms with Gasteiger partial charge in [-0.25, -0.2) is 13.5 Å². The first-order valence-corrected chi connectivity index (χ1v) is 23.8. The molecule has 5 rings (SSSR count). The molecule has 1 aromatic heterocycles. The van der Waals surface area contributed by atoms with Crippen LogP contribution in [0.15, 0.2) is 24.4 Å². The van der Waals surface area contributed by atoms with Crippen molar-refractivity contribution < 1.29 is 67.5 Å². The number of hydrogen-bond donors (Lipinski definition) is 5. The van der Waals surface area contributed by atoms with Crippen molar-refractivity contribution in [3.8, 4) is 0 Å². The molecule has 0 saturated carbocycles. The van der Waals surface area contributed by atoms with Crippen LogP contribution in [0.4, 0.5) is 8.78 Å². The highest BCUT2D eigenvalue weighted by Crippen LogP contribution is 2.40. The van der Waals surface area contributed by atoms with Crippen molar-refractivity contribution in [2.45, 2.75) is 198 Å². The molecule has 5 N–H and O–H groups in total. The van der Waals surface area contributed by atoms with E-state index in [0.29, 0.717) is 31.6 Å². The Kier molecular flexibility index (Phi) is 18.5. The molecule has 18 atom stereocenters. The van der Waals surface area contributed by atoms with Crippen LogP contribution in [0.3, 0.4) is 0 Å². The molecule has 3 fully saturated rings. The third kappa shape index (κ3) is 12.8.